The van der Waals surface area contributed by atoms with Crippen LogP contribution >= 0.6 is 0 Å². The van der Waals surface area contributed by atoms with Crippen LogP contribution in [0.15, 0.2) is 65.5 Å². The maximum absolute atomic E-state index is 14.0. The van der Waals surface area contributed by atoms with Crippen molar-refractivity contribution in [2.45, 2.75) is 31.8 Å². The molecule has 1 aromatic heterocycles. The Morgan fingerprint density at radius 3 is 2.42 bits per heavy atom. The van der Waals surface area contributed by atoms with Crippen LogP contribution in [0.25, 0.3) is 11.3 Å². The van der Waals surface area contributed by atoms with Crippen molar-refractivity contribution in [3.8, 4) is 17.3 Å². The molecule has 3 unspecified atom stereocenters. The number of Topliss-reactive ketones (excluding diaryl/α,β-unsaturated/α-hetero) is 1. The molecule has 0 saturated carbocycles. The number of rotatable bonds is 8. The highest BCUT2D eigenvalue weighted by molar-refractivity contribution is 6.00. The topological polar surface area (TPSA) is 116 Å². The fraction of sp³-hybridized carbons (Fsp3) is 0.310. The van der Waals surface area contributed by atoms with Gasteiger partial charge in [-0.15, -0.1) is 0 Å². The Labute approximate surface area is 220 Å². The molecule has 1 amide bonds. The number of aromatic nitrogens is 1. The zero-order chi connectivity index (χ0) is 27.2. The first kappa shape index (κ1) is 26.9. The van der Waals surface area contributed by atoms with E-state index in [2.05, 4.69) is 22.0 Å². The van der Waals surface area contributed by atoms with Crippen LogP contribution < -0.4 is 21.5 Å². The van der Waals surface area contributed by atoms with Crippen LogP contribution in [0.3, 0.4) is 0 Å². The summed E-state index contributed by atoms with van der Waals surface area (Å²) in [5.74, 6) is -1.39. The van der Waals surface area contributed by atoms with Crippen molar-refractivity contribution in [3.63, 3.8) is 0 Å². The van der Waals surface area contributed by atoms with E-state index in [1.165, 1.54) is 34.9 Å². The number of carbonyl (C=O) groups excluding carboxylic acids is 2. The SMILES string of the molecule is CNC(C)C(=O)Nc1ccc(-c2ccc(C#N)cc2)n(C(C(=O)c2ccc(F)cc2)C2CCCNC2)c1=O. The van der Waals surface area contributed by atoms with E-state index >= 15 is 0 Å². The van der Waals surface area contributed by atoms with Crippen LogP contribution in [0.2, 0.25) is 0 Å². The summed E-state index contributed by atoms with van der Waals surface area (Å²) in [5, 5.41) is 18.1. The first-order chi connectivity index (χ1) is 18.3. The third kappa shape index (κ3) is 5.72. The minimum Gasteiger partial charge on any atom is -0.320 e. The molecule has 0 radical (unpaired) electrons. The molecule has 4 rings (SSSR count). The number of nitrogens with zero attached hydrogens (tertiary/aromatic N) is 2. The summed E-state index contributed by atoms with van der Waals surface area (Å²) in [4.78, 5) is 40.7. The van der Waals surface area contributed by atoms with Crippen molar-refractivity contribution in [3.05, 3.63) is 88.0 Å². The number of carbonyl (C=O) groups is 2. The average molecular weight is 516 g/mol. The van der Waals surface area contributed by atoms with Gasteiger partial charge in [-0.05, 0) is 93.4 Å². The van der Waals surface area contributed by atoms with Crippen LogP contribution in [-0.4, -0.2) is 42.4 Å². The normalized spacial score (nSPS) is 16.7. The Balaban J connectivity index is 1.92. The van der Waals surface area contributed by atoms with E-state index in [4.69, 9.17) is 0 Å². The molecule has 1 aliphatic heterocycles. The van der Waals surface area contributed by atoms with Crippen molar-refractivity contribution >= 4 is 17.4 Å². The molecule has 3 atom stereocenters. The minimum absolute atomic E-state index is 0.0511. The van der Waals surface area contributed by atoms with E-state index < -0.39 is 23.5 Å². The van der Waals surface area contributed by atoms with Gasteiger partial charge in [-0.25, -0.2) is 4.39 Å². The number of hydrogen-bond acceptors (Lipinski definition) is 6. The van der Waals surface area contributed by atoms with Crippen LogP contribution in [0, 0.1) is 23.1 Å². The van der Waals surface area contributed by atoms with E-state index in [1.54, 1.807) is 44.3 Å². The lowest BCUT2D eigenvalue weighted by atomic mass is 9.86. The maximum Gasteiger partial charge on any atom is 0.275 e. The van der Waals surface area contributed by atoms with E-state index in [-0.39, 0.29) is 28.9 Å². The maximum atomic E-state index is 14.0. The molecule has 3 N–H and O–H groups in total. The van der Waals surface area contributed by atoms with E-state index in [0.29, 0.717) is 29.8 Å². The van der Waals surface area contributed by atoms with Gasteiger partial charge in [0.2, 0.25) is 5.91 Å². The average Bonchev–Trinajstić information content (AvgIpc) is 2.95. The highest BCUT2D eigenvalue weighted by Gasteiger charge is 2.34. The largest absolute Gasteiger partial charge is 0.320 e. The van der Waals surface area contributed by atoms with Gasteiger partial charge in [-0.3, -0.25) is 19.0 Å². The molecular weight excluding hydrogens is 485 g/mol. The first-order valence-electron chi connectivity index (χ1n) is 12.6. The Morgan fingerprint density at radius 2 is 1.82 bits per heavy atom. The predicted octanol–water partition coefficient (Wildman–Crippen LogP) is 3.50. The summed E-state index contributed by atoms with van der Waals surface area (Å²) in [6, 6.07) is 15.9. The van der Waals surface area contributed by atoms with Crippen LogP contribution in [0.1, 0.15) is 41.7 Å². The molecule has 38 heavy (non-hydrogen) atoms. The summed E-state index contributed by atoms with van der Waals surface area (Å²) in [6.45, 7) is 3.00. The van der Waals surface area contributed by atoms with Crippen molar-refractivity contribution in [2.24, 2.45) is 5.92 Å². The second-order valence-electron chi connectivity index (χ2n) is 9.42. The number of likely N-dealkylation sites (N-methyl/N-ethyl adjacent to an activating group) is 1. The third-order valence-corrected chi connectivity index (χ3v) is 6.97. The fourth-order valence-corrected chi connectivity index (χ4v) is 4.72. The van der Waals surface area contributed by atoms with Gasteiger partial charge in [-0.2, -0.15) is 5.26 Å². The Bertz CT molecular complexity index is 1400. The smallest absolute Gasteiger partial charge is 0.275 e. The number of anilines is 1. The van der Waals surface area contributed by atoms with E-state index in [0.717, 1.165) is 13.0 Å². The molecule has 2 heterocycles. The molecule has 1 saturated heterocycles. The van der Waals surface area contributed by atoms with Gasteiger partial charge < -0.3 is 16.0 Å². The number of nitriles is 1. The van der Waals surface area contributed by atoms with E-state index in [9.17, 15) is 24.0 Å². The van der Waals surface area contributed by atoms with Gasteiger partial charge in [0.05, 0.1) is 23.4 Å². The van der Waals surface area contributed by atoms with Crippen molar-refractivity contribution < 1.29 is 14.0 Å². The number of piperidine rings is 1. The quantitative estimate of drug-likeness (QED) is 0.396. The Hall–Kier alpha value is -4.13. The zero-order valence-corrected chi connectivity index (χ0v) is 21.3. The highest BCUT2D eigenvalue weighted by Crippen LogP contribution is 2.32. The fourth-order valence-electron chi connectivity index (χ4n) is 4.72. The molecular formula is C29H30FN5O3. The Morgan fingerprint density at radius 1 is 1.11 bits per heavy atom. The first-order valence-corrected chi connectivity index (χ1v) is 12.6. The van der Waals surface area contributed by atoms with Gasteiger partial charge in [0.1, 0.15) is 17.5 Å². The van der Waals surface area contributed by atoms with Crippen molar-refractivity contribution in [1.82, 2.24) is 15.2 Å². The molecule has 0 spiro atoms. The number of nitrogens with one attached hydrogen (secondary N) is 3. The van der Waals surface area contributed by atoms with Crippen molar-refractivity contribution in [2.75, 3.05) is 25.5 Å². The molecule has 0 aliphatic carbocycles. The predicted molar refractivity (Wildman–Crippen MR) is 143 cm³/mol. The molecule has 8 nitrogen and oxygen atoms in total. The lowest BCUT2D eigenvalue weighted by Crippen LogP contribution is -2.43. The summed E-state index contributed by atoms with van der Waals surface area (Å²) in [6.07, 6.45) is 1.53. The number of amides is 1. The number of hydrogen-bond donors (Lipinski definition) is 3. The molecule has 2 aromatic carbocycles. The number of ketones is 1. The number of benzene rings is 2. The summed E-state index contributed by atoms with van der Waals surface area (Å²) in [5.41, 5.74) is 1.40. The summed E-state index contributed by atoms with van der Waals surface area (Å²) >= 11 is 0. The number of pyridine rings is 1. The van der Waals surface area contributed by atoms with Crippen LogP contribution in [0.5, 0.6) is 0 Å². The second-order valence-corrected chi connectivity index (χ2v) is 9.42. The van der Waals surface area contributed by atoms with Gasteiger partial charge in [0.15, 0.2) is 5.78 Å². The lowest BCUT2D eigenvalue weighted by Gasteiger charge is -2.33. The highest BCUT2D eigenvalue weighted by atomic mass is 19.1. The van der Waals surface area contributed by atoms with Gasteiger partial charge >= 0.3 is 0 Å². The van der Waals surface area contributed by atoms with Crippen LogP contribution in [0.4, 0.5) is 10.1 Å². The standard InChI is InChI=1S/C29H30FN5O3/c1-18(32-2)28(37)34-24-13-14-25(20-7-5-19(16-31)6-8-20)35(29(24)38)26(22-4-3-15-33-17-22)27(36)21-9-11-23(30)12-10-21/h5-14,18,22,26,32-33H,3-4,15,17H2,1-2H3,(H,34,37). The Kier molecular flexibility index (Phi) is 8.46. The minimum atomic E-state index is -0.912. The van der Waals surface area contributed by atoms with Crippen molar-refractivity contribution in [1.29, 1.82) is 5.26 Å². The van der Waals surface area contributed by atoms with Gasteiger partial charge in [0, 0.05) is 12.1 Å². The molecule has 196 valence electrons. The molecule has 1 aliphatic rings. The number of halogens is 1. The summed E-state index contributed by atoms with van der Waals surface area (Å²) < 4.78 is 15.1. The summed E-state index contributed by atoms with van der Waals surface area (Å²) in [7, 11) is 1.64. The lowest BCUT2D eigenvalue weighted by molar-refractivity contribution is -0.117. The molecule has 0 bridgehead atoms. The van der Waals surface area contributed by atoms with Gasteiger partial charge in [-0.1, -0.05) is 12.1 Å². The monoisotopic (exact) mass is 515 g/mol. The molecule has 1 fully saturated rings. The zero-order valence-electron chi connectivity index (χ0n) is 21.3. The second kappa shape index (κ2) is 11.9. The third-order valence-electron chi connectivity index (χ3n) is 6.97. The van der Waals surface area contributed by atoms with Crippen LogP contribution in [-0.2, 0) is 4.79 Å². The molecule has 3 aromatic rings. The van der Waals surface area contributed by atoms with Gasteiger partial charge in [0.25, 0.3) is 5.56 Å². The van der Waals surface area contributed by atoms with E-state index in [1.807, 2.05) is 0 Å². The molecule has 9 heteroatoms.